The molecule has 5 unspecified atom stereocenters. The van der Waals surface area contributed by atoms with Crippen LogP contribution in [0.2, 0.25) is 0 Å². The lowest BCUT2D eigenvalue weighted by Crippen LogP contribution is -2.43. The molecule has 1 fully saturated rings. The van der Waals surface area contributed by atoms with Gasteiger partial charge in [0.05, 0.1) is 18.8 Å². The minimum atomic E-state index is -1.26. The molecular weight excluding hydrogens is 388 g/mol. The monoisotopic (exact) mass is 432 g/mol. The predicted molar refractivity (Wildman–Crippen MR) is 115 cm³/mol. The minimum absolute atomic E-state index is 0.0840. The van der Waals surface area contributed by atoms with Crippen molar-refractivity contribution in [1.29, 1.82) is 0 Å². The summed E-state index contributed by atoms with van der Waals surface area (Å²) in [5, 5.41) is 9.91. The SMILES string of the molecule is CCC(CC(=O)OCC(OC(C)C(C)OC(C)(C)O)C1COC(C)(C)O1)CC(C)C. The van der Waals surface area contributed by atoms with E-state index in [2.05, 4.69) is 20.8 Å². The van der Waals surface area contributed by atoms with Gasteiger partial charge in [-0.1, -0.05) is 27.2 Å². The maximum Gasteiger partial charge on any atom is 0.306 e. The van der Waals surface area contributed by atoms with Crippen LogP contribution < -0.4 is 0 Å². The lowest BCUT2D eigenvalue weighted by atomic mass is 9.92. The van der Waals surface area contributed by atoms with E-state index >= 15 is 0 Å². The fraction of sp³-hybridized carbons (Fsp3) is 0.957. The standard InChI is InChI=1S/C23H44O7/c1-10-18(11-15(2)3)12-21(24)26-13-19(20-14-27-23(8,9)30-20)28-16(4)17(5)29-22(6,7)25/h15-20,25H,10-14H2,1-9H3. The van der Waals surface area contributed by atoms with Crippen molar-refractivity contribution in [2.75, 3.05) is 13.2 Å². The molecule has 0 amide bonds. The topological polar surface area (TPSA) is 83.5 Å². The predicted octanol–water partition coefficient (Wildman–Crippen LogP) is 4.05. The molecule has 0 aromatic carbocycles. The van der Waals surface area contributed by atoms with Crippen molar-refractivity contribution in [2.45, 2.75) is 118 Å². The highest BCUT2D eigenvalue weighted by Gasteiger charge is 2.40. The third-order valence-corrected chi connectivity index (χ3v) is 5.22. The van der Waals surface area contributed by atoms with E-state index < -0.39 is 17.7 Å². The zero-order valence-corrected chi connectivity index (χ0v) is 20.4. The Morgan fingerprint density at radius 3 is 2.30 bits per heavy atom. The van der Waals surface area contributed by atoms with E-state index in [1.165, 1.54) is 0 Å². The van der Waals surface area contributed by atoms with Gasteiger partial charge < -0.3 is 28.8 Å². The van der Waals surface area contributed by atoms with Crippen molar-refractivity contribution in [2.24, 2.45) is 11.8 Å². The van der Waals surface area contributed by atoms with Crippen LogP contribution in [0.15, 0.2) is 0 Å². The van der Waals surface area contributed by atoms with E-state index in [1.807, 2.05) is 27.7 Å². The van der Waals surface area contributed by atoms with Crippen LogP contribution in [0.25, 0.3) is 0 Å². The highest BCUT2D eigenvalue weighted by Crippen LogP contribution is 2.27. The van der Waals surface area contributed by atoms with Crippen molar-refractivity contribution in [3.05, 3.63) is 0 Å². The quantitative estimate of drug-likeness (QED) is 0.347. The second kappa shape index (κ2) is 11.8. The Labute approximate surface area is 182 Å². The summed E-state index contributed by atoms with van der Waals surface area (Å²) >= 11 is 0. The largest absolute Gasteiger partial charge is 0.463 e. The summed E-state index contributed by atoms with van der Waals surface area (Å²) in [7, 11) is 0. The molecule has 178 valence electrons. The molecule has 7 nitrogen and oxygen atoms in total. The highest BCUT2D eigenvalue weighted by molar-refractivity contribution is 5.69. The first kappa shape index (κ1) is 27.3. The Kier molecular flexibility index (Phi) is 10.7. The molecule has 1 aliphatic rings. The number of esters is 1. The van der Waals surface area contributed by atoms with Gasteiger partial charge in [0, 0.05) is 6.42 Å². The second-order valence-corrected chi connectivity index (χ2v) is 9.81. The van der Waals surface area contributed by atoms with E-state index in [0.29, 0.717) is 24.9 Å². The fourth-order valence-electron chi connectivity index (χ4n) is 3.60. The average molecular weight is 433 g/mol. The number of ether oxygens (including phenoxy) is 5. The summed E-state index contributed by atoms with van der Waals surface area (Å²) in [6.45, 7) is 17.4. The molecule has 0 aliphatic carbocycles. The van der Waals surface area contributed by atoms with E-state index in [-0.39, 0.29) is 30.9 Å². The third kappa shape index (κ3) is 10.5. The van der Waals surface area contributed by atoms with Gasteiger partial charge in [-0.2, -0.15) is 0 Å². The van der Waals surface area contributed by atoms with Crippen LogP contribution in [0.5, 0.6) is 0 Å². The van der Waals surface area contributed by atoms with Gasteiger partial charge in [-0.3, -0.25) is 4.79 Å². The Morgan fingerprint density at radius 2 is 1.83 bits per heavy atom. The number of carbonyl (C=O) groups excluding carboxylic acids is 1. The van der Waals surface area contributed by atoms with Gasteiger partial charge in [0.15, 0.2) is 11.6 Å². The molecule has 0 aromatic rings. The van der Waals surface area contributed by atoms with E-state index in [1.54, 1.807) is 13.8 Å². The van der Waals surface area contributed by atoms with Crippen LogP contribution >= 0.6 is 0 Å². The van der Waals surface area contributed by atoms with Crippen LogP contribution in [0.4, 0.5) is 0 Å². The van der Waals surface area contributed by atoms with Crippen LogP contribution in [-0.4, -0.2) is 60.3 Å². The number of carbonyl (C=O) groups is 1. The summed E-state index contributed by atoms with van der Waals surface area (Å²) in [5.74, 6) is -1.33. The van der Waals surface area contributed by atoms with Gasteiger partial charge in [-0.25, -0.2) is 0 Å². The molecule has 7 heteroatoms. The van der Waals surface area contributed by atoms with Crippen molar-refractivity contribution in [1.82, 2.24) is 0 Å². The third-order valence-electron chi connectivity index (χ3n) is 5.22. The molecule has 1 aliphatic heterocycles. The molecule has 0 bridgehead atoms. The molecule has 1 N–H and O–H groups in total. The van der Waals surface area contributed by atoms with Crippen molar-refractivity contribution >= 4 is 5.97 Å². The zero-order valence-electron chi connectivity index (χ0n) is 20.4. The summed E-state index contributed by atoms with van der Waals surface area (Å²) in [6.07, 6.45) is 0.783. The van der Waals surface area contributed by atoms with Crippen LogP contribution in [0.1, 0.15) is 81.6 Å². The van der Waals surface area contributed by atoms with E-state index in [0.717, 1.165) is 12.8 Å². The molecular formula is C23H44O7. The normalized spacial score (nSPS) is 23.2. The first-order chi connectivity index (χ1) is 13.7. The molecule has 0 spiro atoms. The maximum atomic E-state index is 12.4. The van der Waals surface area contributed by atoms with Crippen LogP contribution in [-0.2, 0) is 28.5 Å². The zero-order chi connectivity index (χ0) is 23.1. The molecule has 30 heavy (non-hydrogen) atoms. The van der Waals surface area contributed by atoms with Gasteiger partial charge in [0.1, 0.15) is 18.8 Å². The average Bonchev–Trinajstić information content (AvgIpc) is 2.95. The summed E-state index contributed by atoms with van der Waals surface area (Å²) in [6, 6.07) is 0. The Hall–Kier alpha value is -0.730. The minimum Gasteiger partial charge on any atom is -0.463 e. The lowest BCUT2D eigenvalue weighted by Gasteiger charge is -2.32. The van der Waals surface area contributed by atoms with Gasteiger partial charge in [-0.05, 0) is 59.8 Å². The van der Waals surface area contributed by atoms with Crippen LogP contribution in [0, 0.1) is 11.8 Å². The Bertz CT molecular complexity index is 512. The van der Waals surface area contributed by atoms with E-state index in [9.17, 15) is 9.90 Å². The number of hydrogen-bond donors (Lipinski definition) is 1. The fourth-order valence-corrected chi connectivity index (χ4v) is 3.60. The summed E-state index contributed by atoms with van der Waals surface area (Å²) in [4.78, 5) is 12.4. The smallest absolute Gasteiger partial charge is 0.306 e. The van der Waals surface area contributed by atoms with Gasteiger partial charge >= 0.3 is 5.97 Å². The van der Waals surface area contributed by atoms with E-state index in [4.69, 9.17) is 23.7 Å². The molecule has 1 rings (SSSR count). The van der Waals surface area contributed by atoms with Crippen molar-refractivity contribution in [3.8, 4) is 0 Å². The molecule has 0 aromatic heterocycles. The number of aliphatic hydroxyl groups is 1. The van der Waals surface area contributed by atoms with Gasteiger partial charge in [-0.15, -0.1) is 0 Å². The Morgan fingerprint density at radius 1 is 1.20 bits per heavy atom. The molecule has 5 atom stereocenters. The molecule has 0 radical (unpaired) electrons. The first-order valence-corrected chi connectivity index (χ1v) is 11.3. The first-order valence-electron chi connectivity index (χ1n) is 11.3. The molecule has 1 saturated heterocycles. The summed E-state index contributed by atoms with van der Waals surface area (Å²) < 4.78 is 29.0. The Balaban J connectivity index is 2.71. The molecule has 1 heterocycles. The maximum absolute atomic E-state index is 12.4. The summed E-state index contributed by atoms with van der Waals surface area (Å²) in [5.41, 5.74) is 0. The van der Waals surface area contributed by atoms with Crippen molar-refractivity contribution < 1.29 is 33.6 Å². The lowest BCUT2D eigenvalue weighted by molar-refractivity contribution is -0.236. The highest BCUT2D eigenvalue weighted by atomic mass is 16.8. The number of rotatable bonds is 13. The second-order valence-electron chi connectivity index (χ2n) is 9.81. The van der Waals surface area contributed by atoms with Gasteiger partial charge in [0.2, 0.25) is 0 Å². The van der Waals surface area contributed by atoms with Crippen molar-refractivity contribution in [3.63, 3.8) is 0 Å². The van der Waals surface area contributed by atoms with Crippen LogP contribution in [0.3, 0.4) is 0 Å². The number of hydrogen-bond acceptors (Lipinski definition) is 7. The van der Waals surface area contributed by atoms with Gasteiger partial charge in [0.25, 0.3) is 0 Å². The molecule has 0 saturated carbocycles.